The van der Waals surface area contributed by atoms with Crippen LogP contribution in [0.15, 0.2) is 23.2 Å². The van der Waals surface area contributed by atoms with E-state index in [2.05, 4.69) is 15.0 Å². The standard InChI is InChI=1S/C16H22FN5O2/c1-11-15(18-10-24-11)16(23)20(2)9-14-4-13(17)8-22(14)7-12-5-19-21(3)6-12/h5-6,10,13-14H,4,7-9H2,1-3H3/t13-,14-/m0/s1. The van der Waals surface area contributed by atoms with Crippen molar-refractivity contribution in [3.63, 3.8) is 0 Å². The number of halogens is 1. The normalized spacial score (nSPS) is 21.3. The Hall–Kier alpha value is -2.22. The molecule has 0 aliphatic carbocycles. The van der Waals surface area contributed by atoms with Crippen molar-refractivity contribution in [1.29, 1.82) is 0 Å². The molecule has 2 atom stereocenters. The lowest BCUT2D eigenvalue weighted by Crippen LogP contribution is -2.41. The summed E-state index contributed by atoms with van der Waals surface area (Å²) in [4.78, 5) is 20.1. The fourth-order valence-corrected chi connectivity index (χ4v) is 3.18. The van der Waals surface area contributed by atoms with Crippen molar-refractivity contribution in [3.05, 3.63) is 35.8 Å². The highest BCUT2D eigenvalue weighted by molar-refractivity contribution is 5.92. The Kier molecular flexibility index (Phi) is 4.66. The summed E-state index contributed by atoms with van der Waals surface area (Å²) in [5.74, 6) is 0.291. The van der Waals surface area contributed by atoms with Gasteiger partial charge in [-0.05, 0) is 13.3 Å². The predicted octanol–water partition coefficient (Wildman–Crippen LogP) is 1.40. The van der Waals surface area contributed by atoms with Crippen molar-refractivity contribution in [1.82, 2.24) is 24.6 Å². The predicted molar refractivity (Wildman–Crippen MR) is 85.1 cm³/mol. The molecule has 1 amide bonds. The number of rotatable bonds is 5. The number of likely N-dealkylation sites (tertiary alicyclic amines) is 1. The molecule has 0 aromatic carbocycles. The molecule has 24 heavy (non-hydrogen) atoms. The molecule has 2 aromatic rings. The summed E-state index contributed by atoms with van der Waals surface area (Å²) in [6, 6.07) is -0.0265. The lowest BCUT2D eigenvalue weighted by atomic mass is 10.2. The molecule has 1 aliphatic heterocycles. The number of amides is 1. The molecule has 3 rings (SSSR count). The highest BCUT2D eigenvalue weighted by atomic mass is 19.1. The van der Waals surface area contributed by atoms with Crippen LogP contribution in [0.2, 0.25) is 0 Å². The maximum Gasteiger partial charge on any atom is 0.275 e. The van der Waals surface area contributed by atoms with Gasteiger partial charge < -0.3 is 9.32 Å². The van der Waals surface area contributed by atoms with Crippen molar-refractivity contribution < 1.29 is 13.6 Å². The van der Waals surface area contributed by atoms with E-state index in [9.17, 15) is 9.18 Å². The van der Waals surface area contributed by atoms with Gasteiger partial charge in [0.1, 0.15) is 11.9 Å². The van der Waals surface area contributed by atoms with Crippen LogP contribution in [0, 0.1) is 6.92 Å². The topological polar surface area (TPSA) is 67.4 Å². The Bertz CT molecular complexity index is 713. The fourth-order valence-electron chi connectivity index (χ4n) is 3.18. The van der Waals surface area contributed by atoms with Gasteiger partial charge in [-0.1, -0.05) is 0 Å². The van der Waals surface area contributed by atoms with Crippen molar-refractivity contribution in [2.45, 2.75) is 32.1 Å². The Labute approximate surface area is 140 Å². The van der Waals surface area contributed by atoms with Crippen LogP contribution in [-0.4, -0.2) is 62.8 Å². The second kappa shape index (κ2) is 6.72. The number of carbonyl (C=O) groups is 1. The van der Waals surface area contributed by atoms with E-state index in [1.165, 1.54) is 6.39 Å². The zero-order valence-corrected chi connectivity index (χ0v) is 14.1. The molecule has 0 bridgehead atoms. The molecule has 0 saturated carbocycles. The molecule has 3 heterocycles. The van der Waals surface area contributed by atoms with E-state index in [-0.39, 0.29) is 11.9 Å². The van der Waals surface area contributed by atoms with Gasteiger partial charge in [-0.2, -0.15) is 5.10 Å². The zero-order chi connectivity index (χ0) is 17.3. The Morgan fingerprint density at radius 2 is 2.33 bits per heavy atom. The van der Waals surface area contributed by atoms with Crippen LogP contribution in [0.25, 0.3) is 0 Å². The number of nitrogens with zero attached hydrogens (tertiary/aromatic N) is 5. The van der Waals surface area contributed by atoms with Crippen LogP contribution in [-0.2, 0) is 13.6 Å². The second-order valence-corrected chi connectivity index (χ2v) is 6.38. The summed E-state index contributed by atoms with van der Waals surface area (Å²) in [6.45, 7) is 3.16. The van der Waals surface area contributed by atoms with E-state index in [1.54, 1.807) is 29.7 Å². The summed E-state index contributed by atoms with van der Waals surface area (Å²) in [6.07, 6.45) is 4.53. The Morgan fingerprint density at radius 1 is 1.54 bits per heavy atom. The van der Waals surface area contributed by atoms with Gasteiger partial charge in [0, 0.05) is 51.5 Å². The van der Waals surface area contributed by atoms with Crippen LogP contribution >= 0.6 is 0 Å². The van der Waals surface area contributed by atoms with Crippen LogP contribution in [0.5, 0.6) is 0 Å². The summed E-state index contributed by atoms with van der Waals surface area (Å²) in [5, 5.41) is 4.15. The van der Waals surface area contributed by atoms with Crippen molar-refractivity contribution >= 4 is 5.91 Å². The summed E-state index contributed by atoms with van der Waals surface area (Å²) in [5.41, 5.74) is 1.35. The summed E-state index contributed by atoms with van der Waals surface area (Å²) >= 11 is 0. The maximum atomic E-state index is 13.9. The number of carbonyl (C=O) groups excluding carboxylic acids is 1. The zero-order valence-electron chi connectivity index (χ0n) is 14.1. The highest BCUT2D eigenvalue weighted by Gasteiger charge is 2.34. The number of aromatic nitrogens is 3. The largest absolute Gasteiger partial charge is 0.448 e. The average molecular weight is 335 g/mol. The van der Waals surface area contributed by atoms with Gasteiger partial charge in [-0.3, -0.25) is 14.4 Å². The third-order valence-corrected chi connectivity index (χ3v) is 4.40. The van der Waals surface area contributed by atoms with Crippen LogP contribution in [0.4, 0.5) is 4.39 Å². The summed E-state index contributed by atoms with van der Waals surface area (Å²) < 4.78 is 20.7. The van der Waals surface area contributed by atoms with Gasteiger partial charge in [0.25, 0.3) is 5.91 Å². The third kappa shape index (κ3) is 3.48. The number of alkyl halides is 1. The van der Waals surface area contributed by atoms with Crippen molar-refractivity contribution in [2.24, 2.45) is 7.05 Å². The molecule has 1 aliphatic rings. The number of hydrogen-bond acceptors (Lipinski definition) is 5. The molecule has 130 valence electrons. The van der Waals surface area contributed by atoms with E-state index < -0.39 is 6.17 Å². The van der Waals surface area contributed by atoms with Gasteiger partial charge in [-0.25, -0.2) is 9.37 Å². The first-order valence-corrected chi connectivity index (χ1v) is 7.95. The molecule has 8 heteroatoms. The molecule has 0 radical (unpaired) electrons. The number of likely N-dealkylation sites (N-methyl/N-ethyl adjacent to an activating group) is 1. The number of oxazole rings is 1. The quantitative estimate of drug-likeness (QED) is 0.826. The minimum absolute atomic E-state index is 0.0265. The number of aryl methyl sites for hydroxylation is 2. The van der Waals surface area contributed by atoms with Crippen LogP contribution in [0.3, 0.4) is 0 Å². The molecule has 0 spiro atoms. The molecule has 1 fully saturated rings. The van der Waals surface area contributed by atoms with Crippen LogP contribution in [0.1, 0.15) is 28.2 Å². The highest BCUT2D eigenvalue weighted by Crippen LogP contribution is 2.23. The minimum atomic E-state index is -0.871. The Balaban J connectivity index is 1.65. The molecular weight excluding hydrogens is 313 g/mol. The summed E-state index contributed by atoms with van der Waals surface area (Å²) in [7, 11) is 3.57. The first-order valence-electron chi connectivity index (χ1n) is 7.95. The molecule has 0 N–H and O–H groups in total. The lowest BCUT2D eigenvalue weighted by molar-refractivity contribution is 0.0743. The van der Waals surface area contributed by atoms with Gasteiger partial charge >= 0.3 is 0 Å². The molecular formula is C16H22FN5O2. The molecule has 0 unspecified atom stereocenters. The first kappa shape index (κ1) is 16.6. The van der Waals surface area contributed by atoms with E-state index in [0.29, 0.717) is 37.5 Å². The van der Waals surface area contributed by atoms with Gasteiger partial charge in [0.05, 0.1) is 6.20 Å². The van der Waals surface area contributed by atoms with Crippen molar-refractivity contribution in [2.75, 3.05) is 20.1 Å². The molecule has 1 saturated heterocycles. The third-order valence-electron chi connectivity index (χ3n) is 4.40. The smallest absolute Gasteiger partial charge is 0.275 e. The van der Waals surface area contributed by atoms with E-state index in [1.807, 2.05) is 13.2 Å². The fraction of sp³-hybridized carbons (Fsp3) is 0.562. The van der Waals surface area contributed by atoms with E-state index >= 15 is 0 Å². The molecule has 2 aromatic heterocycles. The monoisotopic (exact) mass is 335 g/mol. The van der Waals surface area contributed by atoms with E-state index in [4.69, 9.17) is 4.42 Å². The van der Waals surface area contributed by atoms with Crippen LogP contribution < -0.4 is 0 Å². The lowest BCUT2D eigenvalue weighted by Gasteiger charge is -2.27. The molecule has 7 nitrogen and oxygen atoms in total. The average Bonchev–Trinajstić information content (AvgIpc) is 3.21. The SMILES string of the molecule is Cc1ocnc1C(=O)N(C)C[C@@H]1C[C@H](F)CN1Cc1cnn(C)c1. The number of hydrogen-bond donors (Lipinski definition) is 0. The van der Waals surface area contributed by atoms with Gasteiger partial charge in [0.2, 0.25) is 0 Å². The minimum Gasteiger partial charge on any atom is -0.448 e. The van der Waals surface area contributed by atoms with Crippen molar-refractivity contribution in [3.8, 4) is 0 Å². The van der Waals surface area contributed by atoms with Gasteiger partial charge in [0.15, 0.2) is 12.1 Å². The first-order chi connectivity index (χ1) is 11.4. The van der Waals surface area contributed by atoms with Gasteiger partial charge in [-0.15, -0.1) is 0 Å². The maximum absolute atomic E-state index is 13.9. The second-order valence-electron chi connectivity index (χ2n) is 6.38. The van der Waals surface area contributed by atoms with E-state index in [0.717, 1.165) is 5.56 Å². The Morgan fingerprint density at radius 3 is 2.96 bits per heavy atom.